The molecule has 1 unspecified atom stereocenters. The van der Waals surface area contributed by atoms with Crippen LogP contribution in [0.3, 0.4) is 0 Å². The molecule has 0 amide bonds. The minimum Gasteiger partial charge on any atom is -0.473 e. The molecule has 1 heterocycles. The van der Waals surface area contributed by atoms with Crippen LogP contribution >= 0.6 is 11.6 Å². The molecule has 1 rings (SSSR count). The Labute approximate surface area is 57.7 Å². The topological polar surface area (TPSA) is 21.6 Å². The second-order valence-electron chi connectivity index (χ2n) is 1.76. The Bertz CT molecular complexity index is 128. The van der Waals surface area contributed by atoms with E-state index in [4.69, 9.17) is 16.3 Å². The van der Waals surface area contributed by atoms with Crippen molar-refractivity contribution in [1.29, 1.82) is 0 Å². The van der Waals surface area contributed by atoms with Crippen molar-refractivity contribution >= 4 is 17.5 Å². The predicted molar refractivity (Wildman–Crippen MR) is 33.9 cm³/mol. The molecule has 2 nitrogen and oxygen atoms in total. The van der Waals surface area contributed by atoms with E-state index in [1.165, 1.54) is 0 Å². The minimum atomic E-state index is -0.618. The first-order valence-corrected chi connectivity index (χ1v) is 3.22. The van der Waals surface area contributed by atoms with E-state index in [1.807, 2.05) is 0 Å². The third kappa shape index (κ3) is 1.55. The second-order valence-corrected chi connectivity index (χ2v) is 2.07. The van der Waals surface area contributed by atoms with Gasteiger partial charge in [0.05, 0.1) is 12.4 Å². The number of ether oxygens (including phenoxy) is 1. The van der Waals surface area contributed by atoms with Crippen molar-refractivity contribution in [3.63, 3.8) is 0 Å². The molecule has 1 aliphatic rings. The number of nitrogens with zero attached hydrogens (tertiary/aromatic N) is 1. The van der Waals surface area contributed by atoms with Gasteiger partial charge in [-0.25, -0.2) is 9.38 Å². The quantitative estimate of drug-likeness (QED) is 0.540. The highest BCUT2D eigenvalue weighted by Gasteiger charge is 2.17. The van der Waals surface area contributed by atoms with E-state index in [1.54, 1.807) is 0 Å². The van der Waals surface area contributed by atoms with Gasteiger partial charge >= 0.3 is 0 Å². The molecule has 9 heavy (non-hydrogen) atoms. The van der Waals surface area contributed by atoms with Crippen LogP contribution in [0, 0.1) is 0 Å². The molecule has 0 radical (unpaired) electrons. The molecule has 0 aromatic heterocycles. The van der Waals surface area contributed by atoms with E-state index < -0.39 is 6.67 Å². The monoisotopic (exact) mass is 151 g/mol. The normalized spacial score (nSPS) is 25.6. The molecule has 0 N–H and O–H groups in total. The van der Waals surface area contributed by atoms with Crippen LogP contribution in [0.5, 0.6) is 0 Å². The van der Waals surface area contributed by atoms with Gasteiger partial charge < -0.3 is 4.74 Å². The fourth-order valence-corrected chi connectivity index (χ4v) is 0.785. The molecule has 0 saturated carbocycles. The fraction of sp³-hybridized carbons (Fsp3) is 0.800. The highest BCUT2D eigenvalue weighted by atomic mass is 35.5. The largest absolute Gasteiger partial charge is 0.473 e. The van der Waals surface area contributed by atoms with Crippen molar-refractivity contribution < 1.29 is 9.13 Å². The van der Waals surface area contributed by atoms with Gasteiger partial charge in [0, 0.05) is 0 Å². The van der Waals surface area contributed by atoms with E-state index >= 15 is 0 Å². The standard InChI is InChI=1S/C5H7ClFNO/c6-1-4-3-8-5(2-7)9-4/h4H,1-3H2. The summed E-state index contributed by atoms with van der Waals surface area (Å²) >= 11 is 5.41. The smallest absolute Gasteiger partial charge is 0.216 e. The van der Waals surface area contributed by atoms with Crippen molar-refractivity contribution in [1.82, 2.24) is 0 Å². The maximum Gasteiger partial charge on any atom is 0.216 e. The Morgan fingerprint density at radius 1 is 1.89 bits per heavy atom. The molecule has 1 atom stereocenters. The summed E-state index contributed by atoms with van der Waals surface area (Å²) in [6.45, 7) is -0.115. The van der Waals surface area contributed by atoms with Gasteiger partial charge in [0.1, 0.15) is 6.10 Å². The van der Waals surface area contributed by atoms with Crippen LogP contribution in [-0.4, -0.2) is 31.1 Å². The zero-order valence-electron chi connectivity index (χ0n) is 4.81. The van der Waals surface area contributed by atoms with Crippen molar-refractivity contribution in [3.8, 4) is 0 Å². The summed E-state index contributed by atoms with van der Waals surface area (Å²) in [6.07, 6.45) is -0.0996. The van der Waals surface area contributed by atoms with Crippen LogP contribution < -0.4 is 0 Å². The maximum absolute atomic E-state index is 11.7. The summed E-state index contributed by atoms with van der Waals surface area (Å²) in [5.74, 6) is 0.563. The first kappa shape index (κ1) is 6.81. The van der Waals surface area contributed by atoms with E-state index in [0.717, 1.165) is 0 Å². The molecule has 0 aromatic rings. The van der Waals surface area contributed by atoms with E-state index in [9.17, 15) is 4.39 Å². The number of hydrogen-bond acceptors (Lipinski definition) is 2. The van der Waals surface area contributed by atoms with Gasteiger partial charge in [0.25, 0.3) is 0 Å². The summed E-state index contributed by atoms with van der Waals surface area (Å²) in [6, 6.07) is 0. The number of hydrogen-bond donors (Lipinski definition) is 0. The van der Waals surface area contributed by atoms with Crippen LogP contribution in [0.4, 0.5) is 4.39 Å². The van der Waals surface area contributed by atoms with Crippen molar-refractivity contribution in [2.45, 2.75) is 6.10 Å². The minimum absolute atomic E-state index is 0.0996. The summed E-state index contributed by atoms with van der Waals surface area (Å²) in [5.41, 5.74) is 0. The Morgan fingerprint density at radius 2 is 2.67 bits per heavy atom. The van der Waals surface area contributed by atoms with Gasteiger partial charge in [-0.3, -0.25) is 0 Å². The molecule has 0 aromatic carbocycles. The summed E-state index contributed by atoms with van der Waals surface area (Å²) in [4.78, 5) is 3.74. The molecule has 0 saturated heterocycles. The van der Waals surface area contributed by atoms with Crippen molar-refractivity contribution in [2.75, 3.05) is 19.1 Å². The molecule has 0 aliphatic carbocycles. The second kappa shape index (κ2) is 3.01. The van der Waals surface area contributed by atoms with Gasteiger partial charge in [0.15, 0.2) is 6.67 Å². The lowest BCUT2D eigenvalue weighted by Gasteiger charge is -2.03. The molecule has 0 bridgehead atoms. The third-order valence-corrected chi connectivity index (χ3v) is 1.40. The van der Waals surface area contributed by atoms with E-state index in [2.05, 4.69) is 4.99 Å². The van der Waals surface area contributed by atoms with Gasteiger partial charge in [-0.05, 0) is 0 Å². The fourth-order valence-electron chi connectivity index (χ4n) is 0.625. The lowest BCUT2D eigenvalue weighted by atomic mass is 10.4. The Hall–Kier alpha value is -0.310. The van der Waals surface area contributed by atoms with Crippen LogP contribution in [0.25, 0.3) is 0 Å². The average Bonchev–Trinajstić information content (AvgIpc) is 2.34. The predicted octanol–water partition coefficient (Wildman–Crippen LogP) is 0.992. The Balaban J connectivity index is 2.31. The molecule has 0 spiro atoms. The lowest BCUT2D eigenvalue weighted by molar-refractivity contribution is 0.237. The van der Waals surface area contributed by atoms with Crippen LogP contribution in [0.1, 0.15) is 0 Å². The number of rotatable bonds is 2. The van der Waals surface area contributed by atoms with E-state index in [0.29, 0.717) is 12.4 Å². The van der Waals surface area contributed by atoms with Gasteiger partial charge in [0.2, 0.25) is 5.90 Å². The summed E-state index contributed by atoms with van der Waals surface area (Å²) in [5, 5.41) is 0. The zero-order chi connectivity index (χ0) is 6.69. The van der Waals surface area contributed by atoms with Crippen LogP contribution in [0.2, 0.25) is 0 Å². The number of halogens is 2. The highest BCUT2D eigenvalue weighted by Crippen LogP contribution is 2.05. The van der Waals surface area contributed by atoms with Crippen molar-refractivity contribution in [3.05, 3.63) is 0 Å². The molecule has 0 fully saturated rings. The first-order valence-electron chi connectivity index (χ1n) is 2.68. The lowest BCUT2D eigenvalue weighted by Crippen LogP contribution is -2.14. The Kier molecular flexibility index (Phi) is 2.28. The third-order valence-electron chi connectivity index (χ3n) is 1.06. The van der Waals surface area contributed by atoms with E-state index in [-0.39, 0.29) is 12.0 Å². The van der Waals surface area contributed by atoms with Gasteiger partial charge in [-0.15, -0.1) is 11.6 Å². The molecule has 4 heteroatoms. The van der Waals surface area contributed by atoms with Gasteiger partial charge in [-0.2, -0.15) is 0 Å². The molecule has 52 valence electrons. The highest BCUT2D eigenvalue weighted by molar-refractivity contribution is 6.18. The van der Waals surface area contributed by atoms with Crippen LogP contribution in [0.15, 0.2) is 4.99 Å². The van der Waals surface area contributed by atoms with Crippen LogP contribution in [-0.2, 0) is 4.74 Å². The maximum atomic E-state index is 11.7. The first-order chi connectivity index (χ1) is 4.36. The van der Waals surface area contributed by atoms with Crippen molar-refractivity contribution in [2.24, 2.45) is 4.99 Å². The van der Waals surface area contributed by atoms with Gasteiger partial charge in [-0.1, -0.05) is 0 Å². The number of alkyl halides is 2. The number of aliphatic imine (C=N–C) groups is 1. The molecular weight excluding hydrogens is 145 g/mol. The molecular formula is C5H7ClFNO. The Morgan fingerprint density at radius 3 is 3.00 bits per heavy atom. The summed E-state index contributed by atoms with van der Waals surface area (Å²) in [7, 11) is 0. The SMILES string of the molecule is FCC1=NCC(CCl)O1. The molecule has 1 aliphatic heterocycles. The zero-order valence-corrected chi connectivity index (χ0v) is 5.57. The average molecular weight is 152 g/mol. The summed E-state index contributed by atoms with van der Waals surface area (Å²) < 4.78 is 16.6.